The van der Waals surface area contributed by atoms with Crippen LogP contribution in [-0.4, -0.2) is 21.1 Å². The van der Waals surface area contributed by atoms with Crippen molar-refractivity contribution in [1.82, 2.24) is 4.72 Å². The Morgan fingerprint density at radius 2 is 1.70 bits per heavy atom. The number of rotatable bonds is 2. The normalized spacial score (nSPS) is 13.6. The highest BCUT2D eigenvalue weighted by Gasteiger charge is 2.19. The minimum atomic E-state index is -3.53. The molecule has 0 fully saturated rings. The monoisotopic (exact) mass is 167 g/mol. The van der Waals surface area contributed by atoms with Crippen molar-refractivity contribution < 1.29 is 12.6 Å². The van der Waals surface area contributed by atoms with E-state index in [0.717, 1.165) is 0 Å². The van der Waals surface area contributed by atoms with Gasteiger partial charge in [-0.15, -0.1) is 0 Å². The van der Waals surface area contributed by atoms with Crippen LogP contribution in [-0.2, 0) is 14.5 Å². The van der Waals surface area contributed by atoms with Crippen LogP contribution < -0.4 is 4.72 Å². The first-order chi connectivity index (χ1) is 4.27. The lowest BCUT2D eigenvalue weighted by Gasteiger charge is -2.17. The smallest absolute Gasteiger partial charge is 0.252 e. The molecule has 0 aromatic carbocycles. The van der Waals surface area contributed by atoms with Crippen molar-refractivity contribution in [3.05, 3.63) is 0 Å². The third kappa shape index (κ3) is 4.72. The van der Waals surface area contributed by atoms with Crippen molar-refractivity contribution in [2.75, 3.05) is 7.05 Å². The predicted octanol–water partition coefficient (Wildman–Crippen LogP) is 0.266. The Labute approximate surface area is 61.8 Å². The molecule has 4 nitrogen and oxygen atoms in total. The first-order valence-electron chi connectivity index (χ1n) is 2.91. The second-order valence-electron chi connectivity index (χ2n) is 2.85. The summed E-state index contributed by atoms with van der Waals surface area (Å²) in [4.78, 5) is 0. The molecule has 0 aliphatic carbocycles. The molecule has 0 aliphatic rings. The van der Waals surface area contributed by atoms with Crippen LogP contribution in [0.4, 0.5) is 0 Å². The standard InChI is InChI=1S/C5H13NO3S/c1-5(2,3)9-10(7,8)6-4/h6H,1-4H3. The van der Waals surface area contributed by atoms with Crippen LogP contribution in [0.15, 0.2) is 0 Å². The van der Waals surface area contributed by atoms with Gasteiger partial charge in [0, 0.05) is 7.05 Å². The van der Waals surface area contributed by atoms with Crippen molar-refractivity contribution in [2.24, 2.45) is 0 Å². The molecule has 62 valence electrons. The molecule has 0 saturated carbocycles. The van der Waals surface area contributed by atoms with Crippen LogP contribution in [0.25, 0.3) is 0 Å². The largest absolute Gasteiger partial charge is 0.336 e. The molecule has 0 atom stereocenters. The molecule has 0 unspecified atom stereocenters. The van der Waals surface area contributed by atoms with Crippen LogP contribution >= 0.6 is 0 Å². The Bertz CT molecular complexity index is 189. The van der Waals surface area contributed by atoms with Gasteiger partial charge in [0.15, 0.2) is 0 Å². The van der Waals surface area contributed by atoms with E-state index in [-0.39, 0.29) is 0 Å². The average molecular weight is 167 g/mol. The van der Waals surface area contributed by atoms with Gasteiger partial charge in [-0.1, -0.05) is 0 Å². The number of nitrogens with one attached hydrogen (secondary N) is 1. The molecule has 0 spiro atoms. The van der Waals surface area contributed by atoms with Crippen molar-refractivity contribution in [1.29, 1.82) is 0 Å². The molecule has 0 rings (SSSR count). The van der Waals surface area contributed by atoms with Gasteiger partial charge >= 0.3 is 10.3 Å². The quantitative estimate of drug-likeness (QED) is 0.642. The Morgan fingerprint density at radius 1 is 1.30 bits per heavy atom. The molecule has 1 N–H and O–H groups in total. The van der Waals surface area contributed by atoms with Crippen LogP contribution in [0.1, 0.15) is 20.8 Å². The molecule has 0 aromatic heterocycles. The lowest BCUT2D eigenvalue weighted by Crippen LogP contribution is -2.31. The molecule has 0 aromatic rings. The fourth-order valence-corrected chi connectivity index (χ4v) is 1.11. The van der Waals surface area contributed by atoms with E-state index in [1.807, 2.05) is 4.72 Å². The Kier molecular flexibility index (Phi) is 2.82. The summed E-state index contributed by atoms with van der Waals surface area (Å²) in [5.41, 5.74) is -0.665. The zero-order valence-electron chi connectivity index (χ0n) is 6.63. The summed E-state index contributed by atoms with van der Waals surface area (Å²) in [5, 5.41) is 0. The third-order valence-electron chi connectivity index (χ3n) is 0.610. The number of hydrogen-bond acceptors (Lipinski definition) is 3. The fraction of sp³-hybridized carbons (Fsp3) is 1.00. The summed E-state index contributed by atoms with van der Waals surface area (Å²) < 4.78 is 28.0. The van der Waals surface area contributed by atoms with Gasteiger partial charge in [0.25, 0.3) is 0 Å². The van der Waals surface area contributed by atoms with Gasteiger partial charge in [-0.05, 0) is 20.8 Å². The topological polar surface area (TPSA) is 55.4 Å². The Balaban J connectivity index is 4.18. The summed E-state index contributed by atoms with van der Waals surface area (Å²) in [6, 6.07) is 0. The van der Waals surface area contributed by atoms with Gasteiger partial charge < -0.3 is 0 Å². The molecule has 0 heterocycles. The second kappa shape index (κ2) is 2.86. The van der Waals surface area contributed by atoms with Gasteiger partial charge in [-0.25, -0.2) is 0 Å². The highest BCUT2D eigenvalue weighted by molar-refractivity contribution is 7.84. The van der Waals surface area contributed by atoms with Gasteiger partial charge in [0.2, 0.25) is 0 Å². The fourth-order valence-electron chi connectivity index (χ4n) is 0.371. The van der Waals surface area contributed by atoms with Crippen molar-refractivity contribution >= 4 is 10.3 Å². The van der Waals surface area contributed by atoms with Crippen LogP contribution in [0.2, 0.25) is 0 Å². The van der Waals surface area contributed by atoms with E-state index < -0.39 is 15.9 Å². The lowest BCUT2D eigenvalue weighted by molar-refractivity contribution is 0.137. The summed E-state index contributed by atoms with van der Waals surface area (Å²) in [7, 11) is -2.22. The molecule has 0 radical (unpaired) electrons. The first kappa shape index (κ1) is 9.87. The molecule has 10 heavy (non-hydrogen) atoms. The highest BCUT2D eigenvalue weighted by atomic mass is 32.2. The van der Waals surface area contributed by atoms with Gasteiger partial charge in [-0.2, -0.15) is 13.1 Å². The minimum Gasteiger partial charge on any atom is -0.252 e. The van der Waals surface area contributed by atoms with E-state index in [1.165, 1.54) is 7.05 Å². The average Bonchev–Trinajstić information content (AvgIpc) is 1.60. The number of hydrogen-bond donors (Lipinski definition) is 1. The Morgan fingerprint density at radius 3 is 1.80 bits per heavy atom. The zero-order chi connectivity index (χ0) is 8.41. The van der Waals surface area contributed by atoms with Crippen molar-refractivity contribution in [3.63, 3.8) is 0 Å². The molecule has 0 aliphatic heterocycles. The molecule has 0 saturated heterocycles. The molecular weight excluding hydrogens is 154 g/mol. The summed E-state index contributed by atoms with van der Waals surface area (Å²) >= 11 is 0. The van der Waals surface area contributed by atoms with Crippen LogP contribution in [0.5, 0.6) is 0 Å². The molecule has 0 amide bonds. The second-order valence-corrected chi connectivity index (χ2v) is 4.34. The third-order valence-corrected chi connectivity index (χ3v) is 1.83. The van der Waals surface area contributed by atoms with E-state index in [9.17, 15) is 8.42 Å². The minimum absolute atomic E-state index is 0.665. The van der Waals surface area contributed by atoms with Crippen LogP contribution in [0.3, 0.4) is 0 Å². The summed E-state index contributed by atoms with van der Waals surface area (Å²) in [5.74, 6) is 0. The maximum Gasteiger partial charge on any atom is 0.336 e. The molecular formula is C5H13NO3S. The van der Waals surface area contributed by atoms with E-state index in [0.29, 0.717) is 0 Å². The van der Waals surface area contributed by atoms with Gasteiger partial charge in [0.1, 0.15) is 0 Å². The first-order valence-corrected chi connectivity index (χ1v) is 4.32. The zero-order valence-corrected chi connectivity index (χ0v) is 7.45. The van der Waals surface area contributed by atoms with Gasteiger partial charge in [0.05, 0.1) is 5.60 Å². The van der Waals surface area contributed by atoms with Crippen molar-refractivity contribution in [2.45, 2.75) is 26.4 Å². The lowest BCUT2D eigenvalue weighted by atomic mass is 10.2. The summed E-state index contributed by atoms with van der Waals surface area (Å²) in [6.07, 6.45) is 0. The van der Waals surface area contributed by atoms with Gasteiger partial charge in [-0.3, -0.25) is 4.18 Å². The van der Waals surface area contributed by atoms with E-state index in [1.54, 1.807) is 20.8 Å². The van der Waals surface area contributed by atoms with E-state index in [4.69, 9.17) is 0 Å². The summed E-state index contributed by atoms with van der Waals surface area (Å²) in [6.45, 7) is 5.01. The SMILES string of the molecule is CNS(=O)(=O)OC(C)(C)C. The highest BCUT2D eigenvalue weighted by Crippen LogP contribution is 2.09. The van der Waals surface area contributed by atoms with Crippen LogP contribution in [0, 0.1) is 0 Å². The van der Waals surface area contributed by atoms with E-state index >= 15 is 0 Å². The molecule has 0 bridgehead atoms. The Hall–Kier alpha value is -0.130. The molecule has 5 heteroatoms. The predicted molar refractivity (Wildman–Crippen MR) is 38.8 cm³/mol. The maximum absolute atomic E-state index is 10.7. The van der Waals surface area contributed by atoms with E-state index in [2.05, 4.69) is 4.18 Å². The maximum atomic E-state index is 10.7. The van der Waals surface area contributed by atoms with Crippen molar-refractivity contribution in [3.8, 4) is 0 Å².